The van der Waals surface area contributed by atoms with Crippen LogP contribution >= 0.6 is 0 Å². The average molecular weight is 424 g/mol. The van der Waals surface area contributed by atoms with Crippen molar-refractivity contribution in [2.45, 2.75) is 62.4 Å². The van der Waals surface area contributed by atoms with Gasteiger partial charge in [-0.3, -0.25) is 9.59 Å². The molecule has 29 heavy (non-hydrogen) atoms. The Morgan fingerprint density at radius 2 is 1.97 bits per heavy atom. The van der Waals surface area contributed by atoms with E-state index < -0.39 is 10.0 Å². The zero-order chi connectivity index (χ0) is 21.0. The third kappa shape index (κ3) is 5.48. The molecule has 1 heterocycles. The number of amides is 2. The van der Waals surface area contributed by atoms with Crippen LogP contribution in [0.2, 0.25) is 0 Å². The van der Waals surface area contributed by atoms with Gasteiger partial charge in [0.15, 0.2) is 0 Å². The summed E-state index contributed by atoms with van der Waals surface area (Å²) in [7, 11) is -2.36. The molecule has 3 rings (SSSR count). The summed E-state index contributed by atoms with van der Waals surface area (Å²) in [6.45, 7) is 2.94. The van der Waals surface area contributed by atoms with Gasteiger partial charge in [0.25, 0.3) is 5.91 Å². The van der Waals surface area contributed by atoms with E-state index in [2.05, 4.69) is 10.0 Å². The van der Waals surface area contributed by atoms with Crippen LogP contribution in [0, 0.1) is 0 Å². The minimum absolute atomic E-state index is 0.00391. The van der Waals surface area contributed by atoms with Crippen LogP contribution in [0.1, 0.15) is 55.8 Å². The second-order valence-electron chi connectivity index (χ2n) is 7.67. The fourth-order valence-corrected chi connectivity index (χ4v) is 4.99. The first-order valence-electron chi connectivity index (χ1n) is 10.1. The van der Waals surface area contributed by atoms with E-state index in [-0.39, 0.29) is 34.5 Å². The van der Waals surface area contributed by atoms with Crippen LogP contribution in [-0.2, 0) is 14.8 Å². The number of piperidine rings is 1. The third-order valence-electron chi connectivity index (χ3n) is 5.15. The molecule has 1 aliphatic heterocycles. The summed E-state index contributed by atoms with van der Waals surface area (Å²) in [5, 5.41) is 2.98. The van der Waals surface area contributed by atoms with Crippen LogP contribution in [0.4, 0.5) is 0 Å². The van der Waals surface area contributed by atoms with Crippen molar-refractivity contribution in [2.75, 3.05) is 20.2 Å². The standard InChI is InChI=1S/C20H29N3O5S/c1-3-5-19(24)21-16-6-4-11-23(13-16)20(25)14-7-10-17(28-2)18(12-14)29(26,27)22-15-8-9-15/h7,10,12,15-16,22H,3-6,8-9,11,13H2,1-2H3,(H,21,24). The highest BCUT2D eigenvalue weighted by Crippen LogP contribution is 2.29. The molecular formula is C20H29N3O5S. The van der Waals surface area contributed by atoms with Crippen molar-refractivity contribution < 1.29 is 22.7 Å². The van der Waals surface area contributed by atoms with Crippen LogP contribution in [0.3, 0.4) is 0 Å². The average Bonchev–Trinajstić information content (AvgIpc) is 3.50. The van der Waals surface area contributed by atoms with Crippen molar-refractivity contribution in [3.63, 3.8) is 0 Å². The lowest BCUT2D eigenvalue weighted by molar-refractivity contribution is -0.122. The summed E-state index contributed by atoms with van der Waals surface area (Å²) in [5.74, 6) is -0.0428. The van der Waals surface area contributed by atoms with Gasteiger partial charge in [0.05, 0.1) is 7.11 Å². The first-order chi connectivity index (χ1) is 13.8. The first-order valence-corrected chi connectivity index (χ1v) is 11.6. The molecule has 160 valence electrons. The predicted molar refractivity (Wildman–Crippen MR) is 108 cm³/mol. The van der Waals surface area contributed by atoms with Crippen molar-refractivity contribution in [1.82, 2.24) is 14.9 Å². The molecule has 0 spiro atoms. The Labute approximate surface area is 172 Å². The van der Waals surface area contributed by atoms with Gasteiger partial charge in [-0.1, -0.05) is 6.92 Å². The summed E-state index contributed by atoms with van der Waals surface area (Å²) in [4.78, 5) is 26.5. The van der Waals surface area contributed by atoms with Gasteiger partial charge in [0.1, 0.15) is 10.6 Å². The number of hydrogen-bond acceptors (Lipinski definition) is 5. The third-order valence-corrected chi connectivity index (χ3v) is 6.69. The summed E-state index contributed by atoms with van der Waals surface area (Å²) in [6.07, 6.45) is 4.50. The molecule has 8 nitrogen and oxygen atoms in total. The number of carbonyl (C=O) groups is 2. The number of benzene rings is 1. The number of likely N-dealkylation sites (tertiary alicyclic amines) is 1. The lowest BCUT2D eigenvalue weighted by atomic mass is 10.0. The van der Waals surface area contributed by atoms with Gasteiger partial charge < -0.3 is 15.0 Å². The largest absolute Gasteiger partial charge is 0.495 e. The van der Waals surface area contributed by atoms with E-state index in [0.29, 0.717) is 25.1 Å². The summed E-state index contributed by atoms with van der Waals surface area (Å²) in [6, 6.07) is 4.35. The Hall–Kier alpha value is -2.13. The molecule has 1 saturated carbocycles. The van der Waals surface area contributed by atoms with Crippen molar-refractivity contribution in [3.05, 3.63) is 23.8 Å². The van der Waals surface area contributed by atoms with Crippen molar-refractivity contribution in [2.24, 2.45) is 0 Å². The van der Waals surface area contributed by atoms with E-state index in [1.54, 1.807) is 11.0 Å². The molecular weight excluding hydrogens is 394 g/mol. The van der Waals surface area contributed by atoms with Gasteiger partial charge in [0, 0.05) is 37.2 Å². The molecule has 1 aromatic carbocycles. The number of rotatable bonds is 8. The van der Waals surface area contributed by atoms with E-state index in [9.17, 15) is 18.0 Å². The maximum atomic E-state index is 13.0. The Bertz CT molecular complexity index is 867. The Morgan fingerprint density at radius 1 is 1.21 bits per heavy atom. The molecule has 0 aromatic heterocycles. The maximum Gasteiger partial charge on any atom is 0.253 e. The molecule has 1 unspecified atom stereocenters. The fraction of sp³-hybridized carbons (Fsp3) is 0.600. The van der Waals surface area contributed by atoms with Gasteiger partial charge in [-0.15, -0.1) is 0 Å². The van der Waals surface area contributed by atoms with Gasteiger partial charge in [-0.25, -0.2) is 13.1 Å². The number of carbonyl (C=O) groups excluding carboxylic acids is 2. The number of nitrogens with zero attached hydrogens (tertiary/aromatic N) is 1. The molecule has 2 amide bonds. The number of ether oxygens (including phenoxy) is 1. The lowest BCUT2D eigenvalue weighted by Crippen LogP contribution is -2.49. The Balaban J connectivity index is 1.76. The summed E-state index contributed by atoms with van der Waals surface area (Å²) in [5.41, 5.74) is 0.294. The minimum atomic E-state index is -3.76. The number of methoxy groups -OCH3 is 1. The van der Waals surface area contributed by atoms with Gasteiger partial charge in [-0.2, -0.15) is 0 Å². The zero-order valence-electron chi connectivity index (χ0n) is 16.9. The molecule has 2 fully saturated rings. The van der Waals surface area contributed by atoms with E-state index in [1.807, 2.05) is 6.92 Å². The normalized spacial score (nSPS) is 19.7. The number of sulfonamides is 1. The van der Waals surface area contributed by atoms with Crippen LogP contribution < -0.4 is 14.8 Å². The highest BCUT2D eigenvalue weighted by molar-refractivity contribution is 7.89. The monoisotopic (exact) mass is 423 g/mol. The van der Waals surface area contributed by atoms with Crippen molar-refractivity contribution >= 4 is 21.8 Å². The molecule has 1 aliphatic carbocycles. The van der Waals surface area contributed by atoms with E-state index in [1.165, 1.54) is 19.2 Å². The lowest BCUT2D eigenvalue weighted by Gasteiger charge is -2.33. The van der Waals surface area contributed by atoms with Crippen LogP contribution in [0.25, 0.3) is 0 Å². The summed E-state index contributed by atoms with van der Waals surface area (Å²) < 4.78 is 33.2. The minimum Gasteiger partial charge on any atom is -0.495 e. The molecule has 2 N–H and O–H groups in total. The smallest absolute Gasteiger partial charge is 0.253 e. The van der Waals surface area contributed by atoms with E-state index in [4.69, 9.17) is 4.74 Å². The maximum absolute atomic E-state index is 13.0. The van der Waals surface area contributed by atoms with Crippen molar-refractivity contribution in [3.8, 4) is 5.75 Å². The zero-order valence-corrected chi connectivity index (χ0v) is 17.8. The Kier molecular flexibility index (Phi) is 6.79. The SMILES string of the molecule is CCCC(=O)NC1CCCN(C(=O)c2ccc(OC)c(S(=O)(=O)NC3CC3)c2)C1. The first kappa shape index (κ1) is 21.6. The molecule has 0 bridgehead atoms. The van der Waals surface area contributed by atoms with Gasteiger partial charge >= 0.3 is 0 Å². The van der Waals surface area contributed by atoms with E-state index in [0.717, 1.165) is 32.1 Å². The highest BCUT2D eigenvalue weighted by atomic mass is 32.2. The van der Waals surface area contributed by atoms with E-state index >= 15 is 0 Å². The summed E-state index contributed by atoms with van der Waals surface area (Å²) >= 11 is 0. The van der Waals surface area contributed by atoms with Gasteiger partial charge in [0.2, 0.25) is 15.9 Å². The molecule has 9 heteroatoms. The molecule has 1 saturated heterocycles. The fourth-order valence-electron chi connectivity index (χ4n) is 3.49. The van der Waals surface area contributed by atoms with Crippen LogP contribution in [0.5, 0.6) is 5.75 Å². The van der Waals surface area contributed by atoms with Crippen molar-refractivity contribution in [1.29, 1.82) is 0 Å². The molecule has 1 atom stereocenters. The quantitative estimate of drug-likeness (QED) is 0.662. The molecule has 0 radical (unpaired) electrons. The predicted octanol–water partition coefficient (Wildman–Crippen LogP) is 1.66. The van der Waals surface area contributed by atoms with Gasteiger partial charge in [-0.05, 0) is 50.3 Å². The number of hydrogen-bond donors (Lipinski definition) is 2. The van der Waals surface area contributed by atoms with Crippen LogP contribution in [0.15, 0.2) is 23.1 Å². The highest BCUT2D eigenvalue weighted by Gasteiger charge is 2.31. The Morgan fingerprint density at radius 3 is 2.62 bits per heavy atom. The molecule has 2 aliphatic rings. The second-order valence-corrected chi connectivity index (χ2v) is 9.35. The molecule has 1 aromatic rings. The van der Waals surface area contributed by atoms with Crippen LogP contribution in [-0.4, -0.2) is 57.4 Å². The topological polar surface area (TPSA) is 105 Å². The second kappa shape index (κ2) is 9.13. The number of nitrogens with one attached hydrogen (secondary N) is 2.